The molecule has 29 heavy (non-hydrogen) atoms. The second-order valence-electron chi connectivity index (χ2n) is 9.47. The highest BCUT2D eigenvalue weighted by Gasteiger charge is 2.36. The summed E-state index contributed by atoms with van der Waals surface area (Å²) < 4.78 is 11.2. The van der Waals surface area contributed by atoms with Gasteiger partial charge in [-0.25, -0.2) is 4.79 Å². The summed E-state index contributed by atoms with van der Waals surface area (Å²) in [4.78, 5) is 12.3. The second-order valence-corrected chi connectivity index (χ2v) is 14.3. The van der Waals surface area contributed by atoms with Gasteiger partial charge in [0, 0.05) is 0 Å². The molecule has 0 amide bonds. The summed E-state index contributed by atoms with van der Waals surface area (Å²) in [6.45, 7) is 16.3. The zero-order chi connectivity index (χ0) is 21.8. The Morgan fingerprint density at radius 3 is 2.24 bits per heavy atom. The van der Waals surface area contributed by atoms with E-state index in [9.17, 15) is 4.79 Å². The minimum atomic E-state index is -1.73. The number of rotatable bonds is 7. The smallest absolute Gasteiger partial charge is 0.338 e. The molecule has 0 aromatic carbocycles. The highest BCUT2D eigenvalue weighted by atomic mass is 28.4. The van der Waals surface area contributed by atoms with Gasteiger partial charge in [0.2, 0.25) is 0 Å². The molecule has 0 atom stereocenters. The molecule has 0 aromatic heterocycles. The number of fused-ring (bicyclic) bond motifs is 1. The van der Waals surface area contributed by atoms with Crippen molar-refractivity contribution in [1.82, 2.24) is 0 Å². The molecular formula is C25H36O3Si. The van der Waals surface area contributed by atoms with Gasteiger partial charge in [0.05, 0.1) is 19.3 Å². The van der Waals surface area contributed by atoms with Crippen LogP contribution in [0.25, 0.3) is 11.1 Å². The number of allylic oxidation sites excluding steroid dienone is 1. The first-order valence-electron chi connectivity index (χ1n) is 10.4. The van der Waals surface area contributed by atoms with Crippen LogP contribution in [-0.2, 0) is 15.6 Å². The summed E-state index contributed by atoms with van der Waals surface area (Å²) in [7, 11) is -0.302. The van der Waals surface area contributed by atoms with E-state index in [4.69, 9.17) is 9.16 Å². The highest BCUT2D eigenvalue weighted by Crippen LogP contribution is 2.36. The summed E-state index contributed by atoms with van der Waals surface area (Å²) in [6.07, 6.45) is 4.99. The van der Waals surface area contributed by atoms with Gasteiger partial charge in [0.15, 0.2) is 8.32 Å². The largest absolute Gasteiger partial charge is 0.465 e. The van der Waals surface area contributed by atoms with Gasteiger partial charge in [-0.2, -0.15) is 0 Å². The third kappa shape index (κ3) is 5.58. The van der Waals surface area contributed by atoms with Crippen molar-refractivity contribution >= 4 is 14.3 Å². The zero-order valence-corrected chi connectivity index (χ0v) is 20.3. The number of hydrogen-bond acceptors (Lipinski definition) is 3. The predicted molar refractivity (Wildman–Crippen MR) is 124 cm³/mol. The number of carbonyl (C=O) groups excluding carboxylic acids is 1. The van der Waals surface area contributed by atoms with Crippen molar-refractivity contribution < 1.29 is 14.0 Å². The Morgan fingerprint density at radius 1 is 1.07 bits per heavy atom. The maximum absolute atomic E-state index is 12.3. The van der Waals surface area contributed by atoms with Crippen LogP contribution in [0.4, 0.5) is 0 Å². The Labute approximate surface area is 177 Å². The van der Waals surface area contributed by atoms with E-state index in [1.807, 2.05) is 12.1 Å². The third-order valence-electron chi connectivity index (χ3n) is 6.05. The van der Waals surface area contributed by atoms with Crippen LogP contribution in [0.3, 0.4) is 0 Å². The Morgan fingerprint density at radius 2 is 1.69 bits per heavy atom. The van der Waals surface area contributed by atoms with Crippen LogP contribution in [0.15, 0.2) is 42.5 Å². The molecular weight excluding hydrogens is 376 g/mol. The summed E-state index contributed by atoms with van der Waals surface area (Å²) in [5.74, 6) is 0.146. The molecule has 3 nitrogen and oxygen atoms in total. The maximum Gasteiger partial charge on any atom is 0.338 e. The first kappa shape index (κ1) is 23.4. The molecule has 0 saturated carbocycles. The van der Waals surface area contributed by atoms with Gasteiger partial charge in [-0.05, 0) is 58.8 Å². The number of carbonyl (C=O) groups is 1. The van der Waals surface area contributed by atoms with Gasteiger partial charge in [0.1, 0.15) is 0 Å². The number of hydrogen-bond donors (Lipinski definition) is 0. The lowest BCUT2D eigenvalue weighted by Crippen LogP contribution is -2.40. The van der Waals surface area contributed by atoms with Gasteiger partial charge in [-0.15, -0.1) is 0 Å². The van der Waals surface area contributed by atoms with Crippen LogP contribution in [0.1, 0.15) is 62.0 Å². The second kappa shape index (κ2) is 9.27. The SMILES string of the molecule is COC(=O)c1cc(C/C=C\CO[Si](C)(C)C(C)(C)C)c2ccc(C(C)C)ccc1-2. The lowest BCUT2D eigenvalue weighted by Gasteiger charge is -2.35. The first-order chi connectivity index (χ1) is 13.5. The Bertz CT molecular complexity index is 844. The van der Waals surface area contributed by atoms with E-state index in [2.05, 4.69) is 78.1 Å². The quantitative estimate of drug-likeness (QED) is 0.284. The third-order valence-corrected chi connectivity index (χ3v) is 10.6. The molecule has 0 aliphatic heterocycles. The first-order valence-corrected chi connectivity index (χ1v) is 13.3. The van der Waals surface area contributed by atoms with Gasteiger partial charge >= 0.3 is 5.97 Å². The fraction of sp³-hybridized carbons (Fsp3) is 0.480. The molecule has 0 saturated heterocycles. The molecule has 0 spiro atoms. The Hall–Kier alpha value is -1.91. The average molecular weight is 413 g/mol. The Kier molecular flexibility index (Phi) is 7.47. The van der Waals surface area contributed by atoms with Crippen LogP contribution in [0.2, 0.25) is 18.1 Å². The van der Waals surface area contributed by atoms with Gasteiger partial charge in [0.25, 0.3) is 0 Å². The van der Waals surface area contributed by atoms with Gasteiger partial charge in [-0.3, -0.25) is 0 Å². The highest BCUT2D eigenvalue weighted by molar-refractivity contribution is 6.74. The van der Waals surface area contributed by atoms with Crippen LogP contribution in [-0.4, -0.2) is 28.0 Å². The molecule has 0 fully saturated rings. The molecule has 158 valence electrons. The van der Waals surface area contributed by atoms with Crippen molar-refractivity contribution in [2.45, 2.75) is 65.1 Å². The summed E-state index contributed by atoms with van der Waals surface area (Å²) >= 11 is 0. The van der Waals surface area contributed by atoms with Gasteiger partial charge < -0.3 is 9.16 Å². The zero-order valence-electron chi connectivity index (χ0n) is 19.3. The predicted octanol–water partition coefficient (Wildman–Crippen LogP) is 6.82. The maximum atomic E-state index is 12.3. The summed E-state index contributed by atoms with van der Waals surface area (Å²) in [6, 6.07) is 10.4. The van der Waals surface area contributed by atoms with Crippen LogP contribution < -0.4 is 0 Å². The van der Waals surface area contributed by atoms with Crippen molar-refractivity contribution in [3.8, 4) is 11.1 Å². The number of esters is 1. The summed E-state index contributed by atoms with van der Waals surface area (Å²) in [5, 5.41) is 0.209. The van der Waals surface area contributed by atoms with Crippen molar-refractivity contribution in [3.05, 3.63) is 59.2 Å². The topological polar surface area (TPSA) is 35.5 Å². The van der Waals surface area contributed by atoms with E-state index in [0.717, 1.165) is 23.1 Å². The normalized spacial score (nSPS) is 12.9. The minimum absolute atomic E-state index is 0.209. The van der Waals surface area contributed by atoms with Crippen molar-refractivity contribution in [1.29, 1.82) is 0 Å². The number of ether oxygens (including phenoxy) is 1. The standard InChI is InChI=1S/C25H36O3Si/c1-18(2)19-12-14-21-20(17-23(24(26)27-6)22(21)15-13-19)11-9-10-16-28-29(7,8)25(3,4)5/h9-10,12-15,17-18H,11,16H2,1-8H3/b10-9-. The lowest BCUT2D eigenvalue weighted by molar-refractivity contribution is 0.0602. The molecule has 0 aromatic rings. The molecule has 2 rings (SSSR count). The minimum Gasteiger partial charge on any atom is -0.465 e. The average Bonchev–Trinajstić information content (AvgIpc) is 2.82. The molecule has 0 unspecified atom stereocenters. The molecule has 2 aliphatic rings. The molecule has 0 heterocycles. The molecule has 2 aliphatic carbocycles. The molecule has 0 N–H and O–H groups in total. The van der Waals surface area contributed by atoms with E-state index in [1.54, 1.807) is 0 Å². The van der Waals surface area contributed by atoms with E-state index in [1.165, 1.54) is 12.7 Å². The fourth-order valence-electron chi connectivity index (χ4n) is 3.02. The van der Waals surface area contributed by atoms with E-state index in [-0.39, 0.29) is 11.0 Å². The Balaban J connectivity index is 2.23. The van der Waals surface area contributed by atoms with Crippen LogP contribution in [0.5, 0.6) is 0 Å². The lowest BCUT2D eigenvalue weighted by atomic mass is 10.1. The monoisotopic (exact) mass is 412 g/mol. The van der Waals surface area contributed by atoms with E-state index < -0.39 is 8.32 Å². The van der Waals surface area contributed by atoms with Crippen LogP contribution in [0, 0.1) is 0 Å². The van der Waals surface area contributed by atoms with E-state index >= 15 is 0 Å². The van der Waals surface area contributed by atoms with Crippen molar-refractivity contribution in [2.24, 2.45) is 0 Å². The molecule has 4 heteroatoms. The molecule has 0 bridgehead atoms. The fourth-order valence-corrected chi connectivity index (χ4v) is 3.97. The van der Waals surface area contributed by atoms with Crippen molar-refractivity contribution in [3.63, 3.8) is 0 Å². The molecule has 0 radical (unpaired) electrons. The van der Waals surface area contributed by atoms with Crippen LogP contribution >= 0.6 is 0 Å². The van der Waals surface area contributed by atoms with Crippen molar-refractivity contribution in [2.75, 3.05) is 13.7 Å². The number of methoxy groups -OCH3 is 1. The van der Waals surface area contributed by atoms with Gasteiger partial charge in [-0.1, -0.05) is 71.0 Å². The summed E-state index contributed by atoms with van der Waals surface area (Å²) in [5.41, 5.74) is 5.07. The van der Waals surface area contributed by atoms with E-state index in [0.29, 0.717) is 18.1 Å².